The average molecular weight is 273 g/mol. The maximum absolute atomic E-state index is 4.59. The van der Waals surface area contributed by atoms with E-state index in [0.29, 0.717) is 6.04 Å². The van der Waals surface area contributed by atoms with Crippen LogP contribution in [-0.4, -0.2) is 9.55 Å². The Morgan fingerprint density at radius 2 is 2.53 bits per heavy atom. The molecule has 0 radical (unpaired) electrons. The van der Waals surface area contributed by atoms with E-state index < -0.39 is 0 Å². The van der Waals surface area contributed by atoms with Gasteiger partial charge in [0.05, 0.1) is 11.7 Å². The van der Waals surface area contributed by atoms with Crippen molar-refractivity contribution >= 4 is 17.3 Å². The normalized spacial score (nSPS) is 18.1. The molecule has 19 heavy (non-hydrogen) atoms. The molecule has 0 saturated carbocycles. The largest absolute Gasteiger partial charge is 0.349 e. The van der Waals surface area contributed by atoms with E-state index in [9.17, 15) is 0 Å². The highest BCUT2D eigenvalue weighted by Crippen LogP contribution is 2.35. The predicted octanol–water partition coefficient (Wildman–Crippen LogP) is 3.93. The van der Waals surface area contributed by atoms with Gasteiger partial charge in [0.1, 0.15) is 0 Å². The summed E-state index contributed by atoms with van der Waals surface area (Å²) in [7, 11) is 0. The number of imidazole rings is 1. The zero-order valence-corrected chi connectivity index (χ0v) is 12.0. The number of allylic oxidation sites excluding steroid dienone is 1. The number of thiophene rings is 1. The fourth-order valence-corrected chi connectivity index (χ4v) is 3.72. The van der Waals surface area contributed by atoms with E-state index in [1.807, 2.05) is 24.3 Å². The lowest BCUT2D eigenvalue weighted by Gasteiger charge is -2.24. The summed E-state index contributed by atoms with van der Waals surface area (Å²) in [5.41, 5.74) is 2.51. The van der Waals surface area contributed by atoms with Gasteiger partial charge >= 0.3 is 0 Å². The van der Waals surface area contributed by atoms with Gasteiger partial charge in [0, 0.05) is 17.6 Å². The highest BCUT2D eigenvalue weighted by atomic mass is 32.1. The van der Waals surface area contributed by atoms with Crippen LogP contribution >= 0.6 is 11.3 Å². The van der Waals surface area contributed by atoms with Gasteiger partial charge in [-0.1, -0.05) is 6.08 Å². The Bertz CT molecular complexity index is 582. The summed E-state index contributed by atoms with van der Waals surface area (Å²) in [4.78, 5) is 6.12. The number of fused-ring (bicyclic) bond motifs is 1. The van der Waals surface area contributed by atoms with Crippen molar-refractivity contribution in [3.8, 4) is 0 Å². The predicted molar refractivity (Wildman–Crippen MR) is 80.8 cm³/mol. The van der Waals surface area contributed by atoms with Crippen molar-refractivity contribution in [1.82, 2.24) is 9.55 Å². The maximum Gasteiger partial charge on any atom is 0.203 e. The van der Waals surface area contributed by atoms with Crippen molar-refractivity contribution in [2.45, 2.75) is 38.8 Å². The molecular weight excluding hydrogens is 254 g/mol. The zero-order valence-electron chi connectivity index (χ0n) is 11.2. The molecule has 2 aromatic rings. The summed E-state index contributed by atoms with van der Waals surface area (Å²) in [6.45, 7) is 6.63. The van der Waals surface area contributed by atoms with Gasteiger partial charge in [0.15, 0.2) is 0 Å². The van der Waals surface area contributed by atoms with E-state index in [4.69, 9.17) is 0 Å². The van der Waals surface area contributed by atoms with Gasteiger partial charge in [-0.3, -0.25) is 0 Å². The van der Waals surface area contributed by atoms with E-state index in [1.54, 1.807) is 0 Å². The Morgan fingerprint density at radius 1 is 1.63 bits per heavy atom. The third-order valence-corrected chi connectivity index (χ3v) is 4.57. The van der Waals surface area contributed by atoms with E-state index in [2.05, 4.69) is 39.1 Å². The lowest BCUT2D eigenvalue weighted by molar-refractivity contribution is 0.600. The second kappa shape index (κ2) is 5.21. The van der Waals surface area contributed by atoms with Gasteiger partial charge in [0.2, 0.25) is 5.95 Å². The van der Waals surface area contributed by atoms with E-state index in [0.717, 1.165) is 18.2 Å². The van der Waals surface area contributed by atoms with Crippen LogP contribution in [0.4, 0.5) is 5.95 Å². The first kappa shape index (κ1) is 12.5. The van der Waals surface area contributed by atoms with Crippen LogP contribution in [0, 0.1) is 6.92 Å². The number of hydrogen-bond donors (Lipinski definition) is 1. The second-order valence-corrected chi connectivity index (χ2v) is 6.04. The summed E-state index contributed by atoms with van der Waals surface area (Å²) in [6.07, 6.45) is 7.64. The SMILES string of the molecule is C=CCn1cc(C)nc1NC1CCCc2sccc21. The first-order chi connectivity index (χ1) is 9.28. The fourth-order valence-electron chi connectivity index (χ4n) is 2.73. The van der Waals surface area contributed by atoms with Crippen molar-refractivity contribution in [3.05, 3.63) is 46.4 Å². The molecule has 1 unspecified atom stereocenters. The monoisotopic (exact) mass is 273 g/mol. The highest BCUT2D eigenvalue weighted by molar-refractivity contribution is 7.10. The summed E-state index contributed by atoms with van der Waals surface area (Å²) in [5, 5.41) is 5.81. The number of nitrogens with one attached hydrogen (secondary N) is 1. The molecule has 4 heteroatoms. The molecule has 0 saturated heterocycles. The Labute approximate surface area is 118 Å². The van der Waals surface area contributed by atoms with Crippen LogP contribution in [0.5, 0.6) is 0 Å². The summed E-state index contributed by atoms with van der Waals surface area (Å²) in [5.74, 6) is 0.960. The van der Waals surface area contributed by atoms with Crippen molar-refractivity contribution in [1.29, 1.82) is 0 Å². The van der Waals surface area contributed by atoms with Crippen LogP contribution in [0.25, 0.3) is 0 Å². The molecule has 0 aliphatic heterocycles. The Hall–Kier alpha value is -1.55. The third kappa shape index (κ3) is 2.45. The number of anilines is 1. The summed E-state index contributed by atoms with van der Waals surface area (Å²) < 4.78 is 2.13. The first-order valence-corrected chi connectivity index (χ1v) is 7.63. The quantitative estimate of drug-likeness (QED) is 0.855. The van der Waals surface area contributed by atoms with Crippen molar-refractivity contribution < 1.29 is 0 Å². The van der Waals surface area contributed by atoms with Gasteiger partial charge < -0.3 is 9.88 Å². The molecule has 0 aromatic carbocycles. The summed E-state index contributed by atoms with van der Waals surface area (Å²) >= 11 is 1.88. The van der Waals surface area contributed by atoms with Crippen LogP contribution in [-0.2, 0) is 13.0 Å². The van der Waals surface area contributed by atoms with Gasteiger partial charge in [-0.05, 0) is 43.2 Å². The number of rotatable bonds is 4. The topological polar surface area (TPSA) is 29.9 Å². The van der Waals surface area contributed by atoms with Crippen LogP contribution in [0.2, 0.25) is 0 Å². The lowest BCUT2D eigenvalue weighted by Crippen LogP contribution is -2.18. The number of hydrogen-bond acceptors (Lipinski definition) is 3. The highest BCUT2D eigenvalue weighted by Gasteiger charge is 2.22. The van der Waals surface area contributed by atoms with Crippen LogP contribution < -0.4 is 5.32 Å². The minimum atomic E-state index is 0.403. The molecule has 1 atom stereocenters. The molecule has 0 fully saturated rings. The maximum atomic E-state index is 4.59. The summed E-state index contributed by atoms with van der Waals surface area (Å²) in [6, 6.07) is 2.66. The smallest absolute Gasteiger partial charge is 0.203 e. The van der Waals surface area contributed by atoms with Gasteiger partial charge in [-0.2, -0.15) is 0 Å². The molecule has 1 aliphatic rings. The minimum absolute atomic E-state index is 0.403. The molecule has 3 rings (SSSR count). The number of aryl methyl sites for hydroxylation is 2. The first-order valence-electron chi connectivity index (χ1n) is 6.75. The molecule has 3 nitrogen and oxygen atoms in total. The third-order valence-electron chi connectivity index (χ3n) is 3.58. The Morgan fingerprint density at radius 3 is 3.37 bits per heavy atom. The van der Waals surface area contributed by atoms with Crippen LogP contribution in [0.15, 0.2) is 30.3 Å². The van der Waals surface area contributed by atoms with Gasteiger partial charge in [-0.25, -0.2) is 4.98 Å². The van der Waals surface area contributed by atoms with E-state index in [-0.39, 0.29) is 0 Å². The molecular formula is C15H19N3S. The average Bonchev–Trinajstić information content (AvgIpc) is 2.98. The second-order valence-electron chi connectivity index (χ2n) is 5.04. The molecule has 2 heterocycles. The van der Waals surface area contributed by atoms with Gasteiger partial charge in [0.25, 0.3) is 0 Å². The van der Waals surface area contributed by atoms with Crippen LogP contribution in [0.3, 0.4) is 0 Å². The van der Waals surface area contributed by atoms with E-state index >= 15 is 0 Å². The Balaban J connectivity index is 1.85. The Kier molecular flexibility index (Phi) is 3.42. The molecule has 100 valence electrons. The molecule has 0 amide bonds. The van der Waals surface area contributed by atoms with Crippen molar-refractivity contribution in [3.63, 3.8) is 0 Å². The molecule has 1 aliphatic carbocycles. The standard InChI is InChI=1S/C15H19N3S/c1-3-8-18-10-11(2)16-15(18)17-13-5-4-6-14-12(13)7-9-19-14/h3,7,9-10,13H,1,4-6,8H2,2H3,(H,16,17). The molecule has 0 spiro atoms. The fraction of sp³-hybridized carbons (Fsp3) is 0.400. The van der Waals surface area contributed by atoms with E-state index in [1.165, 1.54) is 29.7 Å². The van der Waals surface area contributed by atoms with Gasteiger partial charge in [-0.15, -0.1) is 17.9 Å². The molecule has 1 N–H and O–H groups in total. The zero-order chi connectivity index (χ0) is 13.2. The van der Waals surface area contributed by atoms with Crippen molar-refractivity contribution in [2.75, 3.05) is 5.32 Å². The number of nitrogens with zero attached hydrogens (tertiary/aromatic N) is 2. The number of aromatic nitrogens is 2. The minimum Gasteiger partial charge on any atom is -0.349 e. The van der Waals surface area contributed by atoms with Crippen molar-refractivity contribution in [2.24, 2.45) is 0 Å². The molecule has 2 aromatic heterocycles. The van der Waals surface area contributed by atoms with Crippen LogP contribution in [0.1, 0.15) is 35.0 Å². The lowest BCUT2D eigenvalue weighted by atomic mass is 9.94. The molecule has 0 bridgehead atoms.